The Bertz CT molecular complexity index is 633. The van der Waals surface area contributed by atoms with Gasteiger partial charge in [-0.1, -0.05) is 48.4 Å². The molecule has 1 fully saturated rings. The molecule has 1 unspecified atom stereocenters. The van der Waals surface area contributed by atoms with Gasteiger partial charge in [0.2, 0.25) is 0 Å². The fraction of sp³-hybridized carbons (Fsp3) is 0.368. The third-order valence-electron chi connectivity index (χ3n) is 4.40. The Kier molecular flexibility index (Phi) is 5.55. The molecule has 0 saturated carbocycles. The fourth-order valence-electron chi connectivity index (χ4n) is 3.21. The summed E-state index contributed by atoms with van der Waals surface area (Å²) < 4.78 is 5.43. The van der Waals surface area contributed by atoms with Crippen molar-refractivity contribution in [2.45, 2.75) is 31.8 Å². The molecule has 3 nitrogen and oxygen atoms in total. The van der Waals surface area contributed by atoms with Gasteiger partial charge in [-0.15, -0.1) is 0 Å². The molecule has 1 atom stereocenters. The molecule has 0 spiro atoms. The topological polar surface area (TPSA) is 24.5 Å². The number of rotatable bonds is 5. The maximum atomic E-state index is 6.12. The fourth-order valence-corrected chi connectivity index (χ4v) is 3.41. The van der Waals surface area contributed by atoms with E-state index in [2.05, 4.69) is 40.8 Å². The van der Waals surface area contributed by atoms with E-state index in [-0.39, 0.29) is 0 Å². The van der Waals surface area contributed by atoms with Gasteiger partial charge in [0.1, 0.15) is 5.75 Å². The average Bonchev–Trinajstić information content (AvgIpc) is 2.61. The van der Waals surface area contributed by atoms with E-state index in [1.165, 1.54) is 24.8 Å². The second kappa shape index (κ2) is 7.82. The predicted octanol–water partition coefficient (Wildman–Crippen LogP) is 4.58. The lowest BCUT2D eigenvalue weighted by molar-refractivity contribution is 0.0822. The van der Waals surface area contributed by atoms with E-state index >= 15 is 0 Å². The SMILES string of the molecule is COc1ccc(Cl)cc1CNN1CCCCC1c1ccccc1. The molecule has 2 aromatic rings. The summed E-state index contributed by atoms with van der Waals surface area (Å²) >= 11 is 6.12. The molecule has 0 bridgehead atoms. The van der Waals surface area contributed by atoms with Gasteiger partial charge in [0.15, 0.2) is 0 Å². The van der Waals surface area contributed by atoms with Crippen LogP contribution in [-0.2, 0) is 6.54 Å². The molecular formula is C19H23ClN2O. The first-order chi connectivity index (χ1) is 11.3. The van der Waals surface area contributed by atoms with Crippen LogP contribution in [0, 0.1) is 0 Å². The molecule has 1 aliphatic heterocycles. The van der Waals surface area contributed by atoms with Crippen molar-refractivity contribution in [3.8, 4) is 5.75 Å². The number of ether oxygens (including phenoxy) is 1. The summed E-state index contributed by atoms with van der Waals surface area (Å²) in [7, 11) is 1.69. The highest BCUT2D eigenvalue weighted by molar-refractivity contribution is 6.30. The first-order valence-corrected chi connectivity index (χ1v) is 8.53. The van der Waals surface area contributed by atoms with Gasteiger partial charge in [0, 0.05) is 29.7 Å². The quantitative estimate of drug-likeness (QED) is 0.868. The van der Waals surface area contributed by atoms with Crippen LogP contribution in [0.5, 0.6) is 5.75 Å². The Hall–Kier alpha value is -1.55. The number of nitrogens with zero attached hydrogens (tertiary/aromatic N) is 1. The summed E-state index contributed by atoms with van der Waals surface area (Å²) in [5, 5.41) is 3.10. The summed E-state index contributed by atoms with van der Waals surface area (Å²) in [6.45, 7) is 1.77. The summed E-state index contributed by atoms with van der Waals surface area (Å²) in [5.74, 6) is 0.871. The molecule has 122 valence electrons. The molecule has 3 rings (SSSR count). The van der Waals surface area contributed by atoms with E-state index < -0.39 is 0 Å². The summed E-state index contributed by atoms with van der Waals surface area (Å²) in [5.41, 5.74) is 6.04. The van der Waals surface area contributed by atoms with Gasteiger partial charge in [-0.3, -0.25) is 5.43 Å². The average molecular weight is 331 g/mol. The lowest BCUT2D eigenvalue weighted by Crippen LogP contribution is -2.43. The van der Waals surface area contributed by atoms with E-state index in [0.717, 1.165) is 22.9 Å². The lowest BCUT2D eigenvalue weighted by Gasteiger charge is -2.36. The monoisotopic (exact) mass is 330 g/mol. The van der Waals surface area contributed by atoms with Crippen LogP contribution in [-0.4, -0.2) is 18.7 Å². The Morgan fingerprint density at radius 2 is 2.00 bits per heavy atom. The van der Waals surface area contributed by atoms with Gasteiger partial charge in [0.25, 0.3) is 0 Å². The van der Waals surface area contributed by atoms with Crippen LogP contribution in [0.2, 0.25) is 5.02 Å². The van der Waals surface area contributed by atoms with Gasteiger partial charge in [-0.25, -0.2) is 5.01 Å². The summed E-state index contributed by atoms with van der Waals surface area (Å²) in [6.07, 6.45) is 3.69. The second-order valence-electron chi connectivity index (χ2n) is 5.91. The zero-order valence-electron chi connectivity index (χ0n) is 13.5. The van der Waals surface area contributed by atoms with Crippen molar-refractivity contribution in [3.05, 3.63) is 64.7 Å². The minimum absolute atomic E-state index is 0.426. The zero-order valence-corrected chi connectivity index (χ0v) is 14.2. The molecule has 0 aliphatic carbocycles. The van der Waals surface area contributed by atoms with Gasteiger partial charge in [-0.2, -0.15) is 0 Å². The largest absolute Gasteiger partial charge is 0.496 e. The van der Waals surface area contributed by atoms with Gasteiger partial charge in [-0.05, 0) is 36.6 Å². The number of hydrazine groups is 1. The Morgan fingerprint density at radius 3 is 2.78 bits per heavy atom. The number of methoxy groups -OCH3 is 1. The smallest absolute Gasteiger partial charge is 0.123 e. The second-order valence-corrected chi connectivity index (χ2v) is 6.34. The van der Waals surface area contributed by atoms with Crippen molar-refractivity contribution >= 4 is 11.6 Å². The van der Waals surface area contributed by atoms with E-state index in [9.17, 15) is 0 Å². The Morgan fingerprint density at radius 1 is 1.17 bits per heavy atom. The van der Waals surface area contributed by atoms with Crippen LogP contribution in [0.3, 0.4) is 0 Å². The van der Waals surface area contributed by atoms with Crippen LogP contribution < -0.4 is 10.2 Å². The molecule has 0 radical (unpaired) electrons. The normalized spacial score (nSPS) is 18.8. The van der Waals surface area contributed by atoms with Gasteiger partial charge >= 0.3 is 0 Å². The third-order valence-corrected chi connectivity index (χ3v) is 4.64. The Balaban J connectivity index is 1.72. The highest BCUT2D eigenvalue weighted by Gasteiger charge is 2.23. The Labute approximate surface area is 143 Å². The number of halogens is 1. The third kappa shape index (κ3) is 4.05. The predicted molar refractivity (Wildman–Crippen MR) is 94.6 cm³/mol. The van der Waals surface area contributed by atoms with Gasteiger partial charge < -0.3 is 4.74 Å². The maximum absolute atomic E-state index is 6.12. The molecule has 4 heteroatoms. The minimum atomic E-state index is 0.426. The van der Waals surface area contributed by atoms with Crippen molar-refractivity contribution in [3.63, 3.8) is 0 Å². The standard InChI is InChI=1S/C19H23ClN2O/c1-23-19-11-10-17(20)13-16(19)14-21-22-12-6-5-9-18(22)15-7-3-2-4-8-15/h2-4,7-8,10-11,13,18,21H,5-6,9,12,14H2,1H3. The van der Waals surface area contributed by atoms with Crippen LogP contribution in [0.25, 0.3) is 0 Å². The van der Waals surface area contributed by atoms with Crippen LogP contribution >= 0.6 is 11.6 Å². The van der Waals surface area contributed by atoms with Crippen LogP contribution in [0.15, 0.2) is 48.5 Å². The molecule has 2 aromatic carbocycles. The van der Waals surface area contributed by atoms with E-state index in [1.54, 1.807) is 7.11 Å². The van der Waals surface area contributed by atoms with Crippen LogP contribution in [0.1, 0.15) is 36.4 Å². The molecular weight excluding hydrogens is 308 g/mol. The number of hydrogen-bond acceptors (Lipinski definition) is 3. The van der Waals surface area contributed by atoms with Gasteiger partial charge in [0.05, 0.1) is 7.11 Å². The summed E-state index contributed by atoms with van der Waals surface area (Å²) in [4.78, 5) is 0. The summed E-state index contributed by atoms with van der Waals surface area (Å²) in [6, 6.07) is 16.9. The van der Waals surface area contributed by atoms with Crippen molar-refractivity contribution in [1.82, 2.24) is 10.4 Å². The minimum Gasteiger partial charge on any atom is -0.496 e. The molecule has 1 N–H and O–H groups in total. The molecule has 1 heterocycles. The van der Waals surface area contributed by atoms with E-state index in [4.69, 9.17) is 16.3 Å². The zero-order chi connectivity index (χ0) is 16.1. The first-order valence-electron chi connectivity index (χ1n) is 8.15. The van der Waals surface area contributed by atoms with E-state index in [1.807, 2.05) is 18.2 Å². The number of nitrogens with one attached hydrogen (secondary N) is 1. The number of benzene rings is 2. The van der Waals surface area contributed by atoms with Crippen molar-refractivity contribution < 1.29 is 4.74 Å². The highest BCUT2D eigenvalue weighted by atomic mass is 35.5. The van der Waals surface area contributed by atoms with Crippen molar-refractivity contribution in [1.29, 1.82) is 0 Å². The van der Waals surface area contributed by atoms with Crippen LogP contribution in [0.4, 0.5) is 0 Å². The molecule has 23 heavy (non-hydrogen) atoms. The molecule has 1 aliphatic rings. The first kappa shape index (κ1) is 16.3. The molecule has 0 aromatic heterocycles. The lowest BCUT2D eigenvalue weighted by atomic mass is 9.97. The molecule has 1 saturated heterocycles. The van der Waals surface area contributed by atoms with Crippen molar-refractivity contribution in [2.24, 2.45) is 0 Å². The van der Waals surface area contributed by atoms with E-state index in [0.29, 0.717) is 12.6 Å². The molecule has 0 amide bonds. The van der Waals surface area contributed by atoms with Crippen molar-refractivity contribution in [2.75, 3.05) is 13.7 Å². The number of piperidine rings is 1. The highest BCUT2D eigenvalue weighted by Crippen LogP contribution is 2.30. The maximum Gasteiger partial charge on any atom is 0.123 e. The number of hydrogen-bond donors (Lipinski definition) is 1.